The van der Waals surface area contributed by atoms with Crippen LogP contribution in [0.2, 0.25) is 0 Å². The molecule has 2 aromatic rings. The maximum atomic E-state index is 12.8. The molecule has 1 heterocycles. The third kappa shape index (κ3) is 2.42. The fourth-order valence-electron chi connectivity index (χ4n) is 3.15. The molecule has 114 valence electrons. The second-order valence-electron chi connectivity index (χ2n) is 5.79. The highest BCUT2D eigenvalue weighted by Crippen LogP contribution is 2.52. The van der Waals surface area contributed by atoms with Gasteiger partial charge in [0.15, 0.2) is 0 Å². The highest BCUT2D eigenvalue weighted by atomic mass is 35.5. The van der Waals surface area contributed by atoms with Crippen molar-refractivity contribution < 1.29 is 4.79 Å². The van der Waals surface area contributed by atoms with Crippen LogP contribution in [0, 0.1) is 0 Å². The van der Waals surface area contributed by atoms with Crippen molar-refractivity contribution >= 4 is 23.2 Å². The van der Waals surface area contributed by atoms with Crippen molar-refractivity contribution in [1.29, 1.82) is 0 Å². The lowest BCUT2D eigenvalue weighted by Crippen LogP contribution is -2.65. The van der Waals surface area contributed by atoms with Crippen LogP contribution in [0.25, 0.3) is 0 Å². The summed E-state index contributed by atoms with van der Waals surface area (Å²) in [6.45, 7) is 2.12. The summed E-state index contributed by atoms with van der Waals surface area (Å²) in [6, 6.07) is 19.8. The molecule has 0 spiro atoms. The van der Waals surface area contributed by atoms with E-state index in [1.165, 1.54) is 0 Å². The van der Waals surface area contributed by atoms with E-state index in [-0.39, 0.29) is 11.9 Å². The first kappa shape index (κ1) is 15.1. The summed E-state index contributed by atoms with van der Waals surface area (Å²) in [7, 11) is 0. The minimum absolute atomic E-state index is 0.0164. The highest BCUT2D eigenvalue weighted by molar-refractivity contribution is 6.41. The molecule has 0 bridgehead atoms. The summed E-state index contributed by atoms with van der Waals surface area (Å²) in [5.74, 6) is 0.0164. The molecule has 1 aliphatic heterocycles. The lowest BCUT2D eigenvalue weighted by atomic mass is 9.78. The van der Waals surface area contributed by atoms with Crippen LogP contribution in [0.15, 0.2) is 60.7 Å². The number of hydrogen-bond donors (Lipinski definition) is 0. The number of β-lactam (4-membered cyclic amide) rings is 1. The molecule has 0 aromatic heterocycles. The van der Waals surface area contributed by atoms with Crippen LogP contribution in [0.4, 0.5) is 5.69 Å². The first-order valence-corrected chi connectivity index (χ1v) is 8.19. The van der Waals surface area contributed by atoms with Crippen LogP contribution >= 0.6 is 11.6 Å². The fraction of sp³-hybridized carbons (Fsp3) is 0.316. The van der Waals surface area contributed by atoms with Crippen molar-refractivity contribution in [2.24, 2.45) is 0 Å². The summed E-state index contributed by atoms with van der Waals surface area (Å²) in [6.07, 6.45) is 2.71. The Morgan fingerprint density at radius 2 is 1.64 bits per heavy atom. The fourth-order valence-corrected chi connectivity index (χ4v) is 3.60. The number of para-hydroxylation sites is 1. The molecule has 2 atom stereocenters. The summed E-state index contributed by atoms with van der Waals surface area (Å²) >= 11 is 6.79. The Morgan fingerprint density at radius 3 is 2.23 bits per heavy atom. The molecule has 0 radical (unpaired) electrons. The van der Waals surface area contributed by atoms with Gasteiger partial charge in [0.25, 0.3) is 5.91 Å². The Morgan fingerprint density at radius 1 is 1.05 bits per heavy atom. The van der Waals surface area contributed by atoms with E-state index in [4.69, 9.17) is 11.6 Å². The predicted molar refractivity (Wildman–Crippen MR) is 91.2 cm³/mol. The smallest absolute Gasteiger partial charge is 0.251 e. The Labute approximate surface area is 136 Å². The number of nitrogens with zero attached hydrogens (tertiary/aromatic N) is 1. The molecule has 3 heteroatoms. The number of rotatable bonds is 5. The van der Waals surface area contributed by atoms with Crippen molar-refractivity contribution in [3.05, 3.63) is 66.2 Å². The first-order valence-electron chi connectivity index (χ1n) is 7.81. The third-order valence-corrected chi connectivity index (χ3v) is 4.87. The Kier molecular flexibility index (Phi) is 4.21. The van der Waals surface area contributed by atoms with Gasteiger partial charge >= 0.3 is 0 Å². The number of unbranched alkanes of at least 4 members (excludes halogenated alkanes) is 1. The van der Waals surface area contributed by atoms with Crippen molar-refractivity contribution in [2.45, 2.75) is 37.1 Å². The number of alkyl halides is 1. The van der Waals surface area contributed by atoms with E-state index in [0.29, 0.717) is 6.42 Å². The monoisotopic (exact) mass is 313 g/mol. The normalized spacial score (nSPS) is 24.2. The second kappa shape index (κ2) is 6.13. The predicted octanol–water partition coefficient (Wildman–Crippen LogP) is 4.94. The first-order chi connectivity index (χ1) is 10.7. The zero-order valence-electron chi connectivity index (χ0n) is 12.7. The molecule has 22 heavy (non-hydrogen) atoms. The summed E-state index contributed by atoms with van der Waals surface area (Å²) in [4.78, 5) is 13.8. The molecule has 2 unspecified atom stereocenters. The maximum absolute atomic E-state index is 12.8. The molecule has 1 aliphatic rings. The van der Waals surface area contributed by atoms with Crippen LogP contribution in [-0.2, 0) is 4.79 Å². The van der Waals surface area contributed by atoms with Crippen LogP contribution in [0.5, 0.6) is 0 Å². The lowest BCUT2D eigenvalue weighted by molar-refractivity contribution is -0.128. The van der Waals surface area contributed by atoms with Gasteiger partial charge in [-0.05, 0) is 24.1 Å². The minimum atomic E-state index is -0.812. The van der Waals surface area contributed by atoms with Crippen molar-refractivity contribution in [3.8, 4) is 0 Å². The Bertz CT molecular complexity index is 643. The zero-order valence-corrected chi connectivity index (χ0v) is 13.5. The van der Waals surface area contributed by atoms with E-state index in [9.17, 15) is 4.79 Å². The SMILES string of the molecule is CCCCC1(Cl)C(=O)N(c2ccccc2)C1c1ccccc1. The van der Waals surface area contributed by atoms with Crippen LogP contribution < -0.4 is 4.90 Å². The molecular formula is C19H20ClNO. The van der Waals surface area contributed by atoms with Gasteiger partial charge in [-0.1, -0.05) is 68.3 Å². The number of amides is 1. The summed E-state index contributed by atoms with van der Waals surface area (Å²) in [5.41, 5.74) is 2.01. The van der Waals surface area contributed by atoms with Crippen molar-refractivity contribution in [1.82, 2.24) is 0 Å². The molecule has 3 rings (SSSR count). The molecule has 1 amide bonds. The second-order valence-corrected chi connectivity index (χ2v) is 6.46. The van der Waals surface area contributed by atoms with Crippen LogP contribution in [0.3, 0.4) is 0 Å². The van der Waals surface area contributed by atoms with Gasteiger partial charge in [0.05, 0.1) is 6.04 Å². The van der Waals surface area contributed by atoms with E-state index >= 15 is 0 Å². The molecule has 1 fully saturated rings. The van der Waals surface area contributed by atoms with E-state index in [0.717, 1.165) is 24.1 Å². The van der Waals surface area contributed by atoms with Crippen LogP contribution in [-0.4, -0.2) is 10.8 Å². The largest absolute Gasteiger partial charge is 0.301 e. The van der Waals surface area contributed by atoms with Crippen molar-refractivity contribution in [3.63, 3.8) is 0 Å². The van der Waals surface area contributed by atoms with Crippen LogP contribution in [0.1, 0.15) is 37.8 Å². The zero-order chi connectivity index (χ0) is 15.6. The maximum Gasteiger partial charge on any atom is 0.251 e. The minimum Gasteiger partial charge on any atom is -0.301 e. The highest BCUT2D eigenvalue weighted by Gasteiger charge is 2.60. The average Bonchev–Trinajstić information content (AvgIpc) is 2.58. The molecule has 0 aliphatic carbocycles. The van der Waals surface area contributed by atoms with Crippen molar-refractivity contribution in [2.75, 3.05) is 4.90 Å². The summed E-state index contributed by atoms with van der Waals surface area (Å²) in [5, 5.41) is 0. The molecule has 1 saturated heterocycles. The van der Waals surface area contributed by atoms with Gasteiger partial charge in [0.2, 0.25) is 0 Å². The molecular weight excluding hydrogens is 294 g/mol. The van der Waals surface area contributed by atoms with Gasteiger partial charge < -0.3 is 4.90 Å². The molecule has 2 aromatic carbocycles. The van der Waals surface area contributed by atoms with Gasteiger partial charge in [0, 0.05) is 5.69 Å². The van der Waals surface area contributed by atoms with Gasteiger partial charge in [0.1, 0.15) is 4.87 Å². The molecule has 0 saturated carbocycles. The number of halogens is 1. The average molecular weight is 314 g/mol. The van der Waals surface area contributed by atoms with E-state index < -0.39 is 4.87 Å². The standard InChI is InChI=1S/C19H20ClNO/c1-2-3-14-19(20)17(15-10-6-4-7-11-15)21(18(19)22)16-12-8-5-9-13-16/h4-13,17H,2-3,14H2,1H3. The Balaban J connectivity index is 1.99. The summed E-state index contributed by atoms with van der Waals surface area (Å²) < 4.78 is 0. The van der Waals surface area contributed by atoms with Gasteiger partial charge in [-0.3, -0.25) is 4.79 Å². The number of carbonyl (C=O) groups is 1. The topological polar surface area (TPSA) is 20.3 Å². The third-order valence-electron chi connectivity index (χ3n) is 4.31. The van der Waals surface area contributed by atoms with Gasteiger partial charge in [-0.25, -0.2) is 0 Å². The Hall–Kier alpha value is -1.80. The number of anilines is 1. The van der Waals surface area contributed by atoms with E-state index in [1.807, 2.05) is 53.4 Å². The van der Waals surface area contributed by atoms with Gasteiger partial charge in [-0.2, -0.15) is 0 Å². The van der Waals surface area contributed by atoms with Gasteiger partial charge in [-0.15, -0.1) is 11.6 Å². The number of benzene rings is 2. The lowest BCUT2D eigenvalue weighted by Gasteiger charge is -2.53. The van der Waals surface area contributed by atoms with E-state index in [1.54, 1.807) is 0 Å². The molecule has 2 nitrogen and oxygen atoms in total. The molecule has 0 N–H and O–H groups in total. The quantitative estimate of drug-likeness (QED) is 0.565. The number of carbonyl (C=O) groups excluding carboxylic acids is 1. The number of hydrogen-bond acceptors (Lipinski definition) is 1. The van der Waals surface area contributed by atoms with E-state index in [2.05, 4.69) is 19.1 Å².